The molecule has 0 saturated carbocycles. The molecule has 6 nitrogen and oxygen atoms in total. The molecule has 1 aromatic carbocycles. The van der Waals surface area contributed by atoms with E-state index in [1.54, 1.807) is 22.7 Å². The highest BCUT2D eigenvalue weighted by Crippen LogP contribution is 2.31. The number of pyridine rings is 1. The molecule has 0 spiro atoms. The molecule has 4 rings (SSSR count). The second-order valence-corrected chi connectivity index (χ2v) is 9.07. The fraction of sp³-hybridized carbons (Fsp3) is 0.333. The summed E-state index contributed by atoms with van der Waals surface area (Å²) in [5, 5.41) is 0.348. The average molecular weight is 392 g/mol. The Morgan fingerprint density at radius 1 is 1.27 bits per heavy atom. The zero-order valence-electron chi connectivity index (χ0n) is 14.2. The molecule has 0 N–H and O–H groups in total. The SMILES string of the molecule is C[C@H]1CCCN(S(=O)(=O)c2cc3c(=O)nc4ccccn4c3cc2Cl)C1. The Balaban J connectivity index is 1.94. The third-order valence-corrected chi connectivity index (χ3v) is 7.16. The number of rotatable bonds is 2. The van der Waals surface area contributed by atoms with E-state index in [0.29, 0.717) is 30.2 Å². The maximum absolute atomic E-state index is 13.1. The predicted molar refractivity (Wildman–Crippen MR) is 101 cm³/mol. The number of aromatic nitrogens is 2. The minimum Gasteiger partial charge on any atom is -0.301 e. The van der Waals surface area contributed by atoms with Crippen molar-refractivity contribution in [2.24, 2.45) is 5.92 Å². The van der Waals surface area contributed by atoms with Crippen LogP contribution in [0.15, 0.2) is 46.2 Å². The standard InChI is InChI=1S/C18H18ClN3O3S/c1-12-5-4-7-21(11-12)26(24,25)16-9-13-15(10-14(16)19)22-8-3-2-6-17(22)20-18(13)23/h2-3,6,8-10,12H,4-5,7,11H2,1H3/t12-/m0/s1. The number of fused-ring (bicyclic) bond motifs is 3. The number of halogens is 1. The van der Waals surface area contributed by atoms with Crippen LogP contribution >= 0.6 is 11.6 Å². The first-order valence-electron chi connectivity index (χ1n) is 8.49. The summed E-state index contributed by atoms with van der Waals surface area (Å²) in [7, 11) is -3.76. The molecule has 1 aliphatic rings. The Bertz CT molecular complexity index is 1170. The van der Waals surface area contributed by atoms with Crippen molar-refractivity contribution in [3.63, 3.8) is 0 Å². The number of benzene rings is 1. The molecule has 3 aromatic rings. The van der Waals surface area contributed by atoms with Crippen LogP contribution < -0.4 is 5.56 Å². The molecule has 0 radical (unpaired) electrons. The Hall–Kier alpha value is -1.96. The van der Waals surface area contributed by atoms with E-state index < -0.39 is 15.6 Å². The summed E-state index contributed by atoms with van der Waals surface area (Å²) in [5.74, 6) is 0.300. The van der Waals surface area contributed by atoms with Crippen molar-refractivity contribution in [3.05, 3.63) is 51.9 Å². The predicted octanol–water partition coefficient (Wildman–Crippen LogP) is 2.92. The van der Waals surface area contributed by atoms with Gasteiger partial charge in [0, 0.05) is 19.3 Å². The van der Waals surface area contributed by atoms with Crippen molar-refractivity contribution in [1.82, 2.24) is 13.7 Å². The first-order valence-corrected chi connectivity index (χ1v) is 10.3. The molecule has 26 heavy (non-hydrogen) atoms. The Labute approximate surface area is 156 Å². The number of piperidine rings is 1. The second-order valence-electron chi connectivity index (χ2n) is 6.76. The van der Waals surface area contributed by atoms with Crippen molar-refractivity contribution in [2.45, 2.75) is 24.7 Å². The van der Waals surface area contributed by atoms with Gasteiger partial charge in [-0.1, -0.05) is 24.6 Å². The highest BCUT2D eigenvalue weighted by molar-refractivity contribution is 7.89. The first-order chi connectivity index (χ1) is 12.4. The highest BCUT2D eigenvalue weighted by Gasteiger charge is 2.31. The Morgan fingerprint density at radius 2 is 2.08 bits per heavy atom. The van der Waals surface area contributed by atoms with Crippen LogP contribution in [0.4, 0.5) is 0 Å². The van der Waals surface area contributed by atoms with Gasteiger partial charge in [-0.25, -0.2) is 8.42 Å². The summed E-state index contributed by atoms with van der Waals surface area (Å²) in [5.41, 5.74) is 0.560. The third-order valence-electron chi connectivity index (χ3n) is 4.83. The second kappa shape index (κ2) is 6.33. The van der Waals surface area contributed by atoms with E-state index in [2.05, 4.69) is 4.98 Å². The summed E-state index contributed by atoms with van der Waals surface area (Å²) < 4.78 is 29.4. The van der Waals surface area contributed by atoms with Gasteiger partial charge in [0.2, 0.25) is 10.0 Å². The molecule has 1 aliphatic heterocycles. The zero-order chi connectivity index (χ0) is 18.5. The van der Waals surface area contributed by atoms with Gasteiger partial charge in [-0.3, -0.25) is 4.79 Å². The zero-order valence-corrected chi connectivity index (χ0v) is 15.8. The molecular weight excluding hydrogens is 374 g/mol. The lowest BCUT2D eigenvalue weighted by Crippen LogP contribution is -2.39. The summed E-state index contributed by atoms with van der Waals surface area (Å²) in [6.07, 6.45) is 3.59. The van der Waals surface area contributed by atoms with Gasteiger partial charge in [-0.05, 0) is 43.0 Å². The molecule has 1 fully saturated rings. The summed E-state index contributed by atoms with van der Waals surface area (Å²) in [6, 6.07) is 8.21. The summed E-state index contributed by atoms with van der Waals surface area (Å²) in [6.45, 7) is 2.97. The molecular formula is C18H18ClN3O3S. The average Bonchev–Trinajstić information content (AvgIpc) is 2.61. The van der Waals surface area contributed by atoms with E-state index in [9.17, 15) is 13.2 Å². The van der Waals surface area contributed by atoms with E-state index in [0.717, 1.165) is 12.8 Å². The topological polar surface area (TPSA) is 71.8 Å². The van der Waals surface area contributed by atoms with Gasteiger partial charge in [0.25, 0.3) is 5.56 Å². The molecule has 136 valence electrons. The number of hydrogen-bond acceptors (Lipinski definition) is 4. The van der Waals surface area contributed by atoms with Crippen LogP contribution in [0.2, 0.25) is 5.02 Å². The molecule has 0 unspecified atom stereocenters. The van der Waals surface area contributed by atoms with Gasteiger partial charge in [0.15, 0.2) is 0 Å². The van der Waals surface area contributed by atoms with E-state index in [1.807, 2.05) is 13.0 Å². The number of sulfonamides is 1. The van der Waals surface area contributed by atoms with Crippen LogP contribution in [0.5, 0.6) is 0 Å². The summed E-state index contributed by atoms with van der Waals surface area (Å²) >= 11 is 6.35. The largest absolute Gasteiger partial charge is 0.301 e. The molecule has 1 atom stereocenters. The normalized spacial score (nSPS) is 19.2. The molecule has 0 amide bonds. The van der Waals surface area contributed by atoms with Gasteiger partial charge in [0.05, 0.1) is 15.9 Å². The van der Waals surface area contributed by atoms with Gasteiger partial charge >= 0.3 is 0 Å². The van der Waals surface area contributed by atoms with Crippen LogP contribution in [0.3, 0.4) is 0 Å². The van der Waals surface area contributed by atoms with Crippen molar-refractivity contribution in [3.8, 4) is 0 Å². The molecule has 0 bridgehead atoms. The van der Waals surface area contributed by atoms with E-state index in [4.69, 9.17) is 11.6 Å². The molecule has 8 heteroatoms. The smallest absolute Gasteiger partial charge is 0.281 e. The van der Waals surface area contributed by atoms with Gasteiger partial charge in [0.1, 0.15) is 10.5 Å². The highest BCUT2D eigenvalue weighted by atomic mass is 35.5. The monoisotopic (exact) mass is 391 g/mol. The molecule has 3 heterocycles. The lowest BCUT2D eigenvalue weighted by Gasteiger charge is -2.30. The van der Waals surface area contributed by atoms with Gasteiger partial charge in [-0.2, -0.15) is 9.29 Å². The Morgan fingerprint density at radius 3 is 2.85 bits per heavy atom. The lowest BCUT2D eigenvalue weighted by atomic mass is 10.0. The van der Waals surface area contributed by atoms with E-state index >= 15 is 0 Å². The number of nitrogens with zero attached hydrogens (tertiary/aromatic N) is 3. The molecule has 2 aromatic heterocycles. The first kappa shape index (κ1) is 17.5. The number of hydrogen-bond donors (Lipinski definition) is 0. The fourth-order valence-electron chi connectivity index (χ4n) is 3.51. The minimum atomic E-state index is -3.76. The quantitative estimate of drug-likeness (QED) is 0.630. The van der Waals surface area contributed by atoms with Crippen LogP contribution in [0.1, 0.15) is 19.8 Å². The maximum Gasteiger partial charge on any atom is 0.281 e. The van der Waals surface area contributed by atoms with Crippen LogP contribution in [0.25, 0.3) is 16.6 Å². The van der Waals surface area contributed by atoms with Crippen LogP contribution in [-0.2, 0) is 10.0 Å². The van der Waals surface area contributed by atoms with Gasteiger partial charge in [-0.15, -0.1) is 0 Å². The fourth-order valence-corrected chi connectivity index (χ4v) is 5.63. The van der Waals surface area contributed by atoms with E-state index in [1.165, 1.54) is 16.4 Å². The van der Waals surface area contributed by atoms with Crippen LogP contribution in [-0.4, -0.2) is 35.2 Å². The molecule has 1 saturated heterocycles. The summed E-state index contributed by atoms with van der Waals surface area (Å²) in [4.78, 5) is 16.4. The third kappa shape index (κ3) is 2.80. The van der Waals surface area contributed by atoms with Crippen molar-refractivity contribution in [1.29, 1.82) is 0 Å². The van der Waals surface area contributed by atoms with E-state index in [-0.39, 0.29) is 15.3 Å². The van der Waals surface area contributed by atoms with Crippen molar-refractivity contribution < 1.29 is 8.42 Å². The van der Waals surface area contributed by atoms with Gasteiger partial charge < -0.3 is 4.40 Å². The minimum absolute atomic E-state index is 0.0319. The van der Waals surface area contributed by atoms with Crippen molar-refractivity contribution >= 4 is 38.2 Å². The van der Waals surface area contributed by atoms with Crippen LogP contribution in [0, 0.1) is 5.92 Å². The Kier molecular flexibility index (Phi) is 4.25. The maximum atomic E-state index is 13.1. The molecule has 0 aliphatic carbocycles. The lowest BCUT2D eigenvalue weighted by molar-refractivity contribution is 0.281. The van der Waals surface area contributed by atoms with Crippen molar-refractivity contribution in [2.75, 3.05) is 13.1 Å².